The van der Waals surface area contributed by atoms with Crippen molar-refractivity contribution in [2.75, 3.05) is 14.1 Å². The van der Waals surface area contributed by atoms with Crippen molar-refractivity contribution >= 4 is 37.3 Å². The normalized spacial score (nSPS) is 12.3. The van der Waals surface area contributed by atoms with E-state index in [9.17, 15) is 21.6 Å². The molecule has 1 aromatic heterocycles. The second-order valence-corrected chi connectivity index (χ2v) is 10.9. The minimum absolute atomic E-state index is 0.0309. The van der Waals surface area contributed by atoms with E-state index in [-0.39, 0.29) is 9.79 Å². The number of rotatable bonds is 7. The fourth-order valence-corrected chi connectivity index (χ4v) is 4.97. The molecule has 1 amide bonds. The van der Waals surface area contributed by atoms with Crippen molar-refractivity contribution in [3.8, 4) is 0 Å². The monoisotopic (exact) mass is 431 g/mol. The summed E-state index contributed by atoms with van der Waals surface area (Å²) in [5.41, 5.74) is 3.15. The smallest absolute Gasteiger partial charge is 0.273 e. The first-order chi connectivity index (χ1) is 12.5. The summed E-state index contributed by atoms with van der Waals surface area (Å²) in [5.74, 6) is -0.557. The summed E-state index contributed by atoms with van der Waals surface area (Å²) in [6.45, 7) is 3.86. The number of sulfonamides is 2. The highest BCUT2D eigenvalue weighted by atomic mass is 32.2. The van der Waals surface area contributed by atoms with Crippen molar-refractivity contribution in [1.29, 1.82) is 0 Å². The summed E-state index contributed by atoms with van der Waals surface area (Å²) in [6.07, 6.45) is 0.789. The van der Waals surface area contributed by atoms with E-state index in [1.807, 2.05) is 18.7 Å². The molecule has 2 rings (SSSR count). The number of nitrogens with zero attached hydrogens (tertiary/aromatic N) is 1. The van der Waals surface area contributed by atoms with Crippen LogP contribution in [-0.2, 0) is 26.5 Å². The third kappa shape index (κ3) is 4.74. The van der Waals surface area contributed by atoms with E-state index in [1.54, 1.807) is 6.07 Å². The van der Waals surface area contributed by atoms with Gasteiger partial charge in [-0.2, -0.15) is 0 Å². The Balaban J connectivity index is 2.13. The van der Waals surface area contributed by atoms with E-state index < -0.39 is 26.0 Å². The lowest BCUT2D eigenvalue weighted by atomic mass is 10.2. The van der Waals surface area contributed by atoms with Crippen molar-refractivity contribution in [1.82, 2.24) is 14.6 Å². The Bertz CT molecular complexity index is 1040. The summed E-state index contributed by atoms with van der Waals surface area (Å²) >= 11 is 1.30. The van der Waals surface area contributed by atoms with E-state index in [2.05, 4.69) is 5.43 Å². The Morgan fingerprint density at radius 1 is 1.07 bits per heavy atom. The van der Waals surface area contributed by atoms with Crippen molar-refractivity contribution in [2.24, 2.45) is 0 Å². The Hall–Kier alpha value is -1.79. The first kappa shape index (κ1) is 21.5. The number of hydrogen-bond acceptors (Lipinski definition) is 6. The molecule has 0 saturated carbocycles. The number of benzene rings is 1. The van der Waals surface area contributed by atoms with Gasteiger partial charge in [-0.05, 0) is 49.2 Å². The first-order valence-corrected chi connectivity index (χ1v) is 11.7. The van der Waals surface area contributed by atoms with E-state index in [1.165, 1.54) is 37.6 Å². The van der Waals surface area contributed by atoms with Crippen LogP contribution in [0.5, 0.6) is 0 Å². The lowest BCUT2D eigenvalue weighted by Gasteiger charge is -2.12. The lowest BCUT2D eigenvalue weighted by molar-refractivity contribution is 0.0949. The number of nitrogens with one attached hydrogen (secondary N) is 2. The average molecular weight is 432 g/mol. The molecule has 148 valence electrons. The highest BCUT2D eigenvalue weighted by Crippen LogP contribution is 2.22. The topological polar surface area (TPSA) is 113 Å². The zero-order valence-electron chi connectivity index (χ0n) is 15.3. The molecule has 1 aromatic carbocycles. The van der Waals surface area contributed by atoms with Crippen molar-refractivity contribution in [3.63, 3.8) is 0 Å². The van der Waals surface area contributed by atoms with Crippen LogP contribution in [0.1, 0.15) is 27.0 Å². The number of carbonyl (C=O) groups is 1. The number of hydrogen-bond donors (Lipinski definition) is 2. The van der Waals surface area contributed by atoms with Crippen LogP contribution < -0.4 is 10.3 Å². The lowest BCUT2D eigenvalue weighted by Crippen LogP contribution is -2.41. The van der Waals surface area contributed by atoms with Crippen LogP contribution in [0.3, 0.4) is 0 Å². The van der Waals surface area contributed by atoms with E-state index in [0.717, 1.165) is 33.3 Å². The predicted octanol–water partition coefficient (Wildman–Crippen LogP) is 1.49. The zero-order valence-corrected chi connectivity index (χ0v) is 17.8. The molecule has 8 nitrogen and oxygen atoms in total. The molecule has 1 heterocycles. The molecule has 0 aliphatic rings. The van der Waals surface area contributed by atoms with Gasteiger partial charge in [0.05, 0.1) is 14.7 Å². The van der Waals surface area contributed by atoms with Gasteiger partial charge < -0.3 is 0 Å². The van der Waals surface area contributed by atoms with Crippen LogP contribution in [0, 0.1) is 6.92 Å². The van der Waals surface area contributed by atoms with Crippen molar-refractivity contribution < 1.29 is 21.6 Å². The number of aryl methyl sites for hydroxylation is 2. The second kappa shape index (κ2) is 8.07. The van der Waals surface area contributed by atoms with Gasteiger partial charge in [0.15, 0.2) is 0 Å². The van der Waals surface area contributed by atoms with Gasteiger partial charge in [0.25, 0.3) is 15.9 Å². The van der Waals surface area contributed by atoms with E-state index in [0.29, 0.717) is 4.88 Å². The standard InChI is InChI=1S/C16H21N3O5S3/c1-5-14-11(2)10-15(25-14)16(20)17-18-26(21,22)12-6-8-13(9-7-12)27(23,24)19(3)4/h6-10,18H,5H2,1-4H3,(H,17,20). The highest BCUT2D eigenvalue weighted by Gasteiger charge is 2.20. The van der Waals surface area contributed by atoms with Crippen LogP contribution in [0.2, 0.25) is 0 Å². The molecule has 0 unspecified atom stereocenters. The Labute approximate surface area is 163 Å². The third-order valence-corrected chi connectivity index (χ3v) is 8.25. The molecule has 0 spiro atoms. The van der Waals surface area contributed by atoms with Gasteiger partial charge in [0.1, 0.15) is 0 Å². The second-order valence-electron chi connectivity index (χ2n) is 5.89. The van der Waals surface area contributed by atoms with Gasteiger partial charge in [-0.1, -0.05) is 6.92 Å². The van der Waals surface area contributed by atoms with Gasteiger partial charge >= 0.3 is 0 Å². The van der Waals surface area contributed by atoms with E-state index >= 15 is 0 Å². The van der Waals surface area contributed by atoms with Gasteiger partial charge in [0, 0.05) is 19.0 Å². The van der Waals surface area contributed by atoms with Crippen LogP contribution in [-0.4, -0.2) is 41.1 Å². The van der Waals surface area contributed by atoms with Gasteiger partial charge in [-0.15, -0.1) is 16.2 Å². The number of amides is 1. The third-order valence-electron chi connectivity index (χ3n) is 3.78. The molecule has 0 aliphatic heterocycles. The van der Waals surface area contributed by atoms with Crippen LogP contribution in [0.15, 0.2) is 40.1 Å². The molecule has 0 aliphatic carbocycles. The molecule has 11 heteroatoms. The largest absolute Gasteiger partial charge is 0.276 e. The average Bonchev–Trinajstić information content (AvgIpc) is 3.00. The first-order valence-electron chi connectivity index (χ1n) is 7.93. The van der Waals surface area contributed by atoms with E-state index in [4.69, 9.17) is 0 Å². The van der Waals surface area contributed by atoms with Gasteiger partial charge in [0.2, 0.25) is 10.0 Å². The molecule has 27 heavy (non-hydrogen) atoms. The number of hydrazine groups is 1. The summed E-state index contributed by atoms with van der Waals surface area (Å²) in [7, 11) is -4.93. The summed E-state index contributed by atoms with van der Waals surface area (Å²) in [5, 5.41) is 0. The Morgan fingerprint density at radius 3 is 2.11 bits per heavy atom. The molecular formula is C16H21N3O5S3. The van der Waals surface area contributed by atoms with Crippen LogP contribution in [0.25, 0.3) is 0 Å². The molecule has 0 radical (unpaired) electrons. The fourth-order valence-electron chi connectivity index (χ4n) is 2.22. The summed E-state index contributed by atoms with van der Waals surface area (Å²) < 4.78 is 49.7. The number of thiophene rings is 1. The van der Waals surface area contributed by atoms with Gasteiger partial charge in [-0.3, -0.25) is 10.2 Å². The predicted molar refractivity (Wildman–Crippen MR) is 104 cm³/mol. The molecule has 2 N–H and O–H groups in total. The fraction of sp³-hybridized carbons (Fsp3) is 0.312. The Kier molecular flexibility index (Phi) is 6.43. The molecule has 0 atom stereocenters. The summed E-state index contributed by atoms with van der Waals surface area (Å²) in [6, 6.07) is 6.42. The number of carbonyl (C=O) groups excluding carboxylic acids is 1. The summed E-state index contributed by atoms with van der Waals surface area (Å²) in [4.78, 5) is 15.4. The molecule has 0 fully saturated rings. The minimum Gasteiger partial charge on any atom is -0.273 e. The highest BCUT2D eigenvalue weighted by molar-refractivity contribution is 7.89. The quantitative estimate of drug-likeness (QED) is 0.645. The maximum Gasteiger partial charge on any atom is 0.276 e. The van der Waals surface area contributed by atoms with Crippen molar-refractivity contribution in [2.45, 2.75) is 30.1 Å². The van der Waals surface area contributed by atoms with Crippen LogP contribution in [0.4, 0.5) is 0 Å². The molecule has 0 bridgehead atoms. The molecule has 0 saturated heterocycles. The SMILES string of the molecule is CCc1sc(C(=O)NNS(=O)(=O)c2ccc(S(=O)(=O)N(C)C)cc2)cc1C. The maximum absolute atomic E-state index is 12.3. The zero-order chi connectivity index (χ0) is 20.4. The minimum atomic E-state index is -4.04. The Morgan fingerprint density at radius 2 is 1.63 bits per heavy atom. The molecule has 2 aromatic rings. The molecular weight excluding hydrogens is 410 g/mol. The maximum atomic E-state index is 12.3. The van der Waals surface area contributed by atoms with Crippen molar-refractivity contribution in [3.05, 3.63) is 45.6 Å². The van der Waals surface area contributed by atoms with Gasteiger partial charge in [-0.25, -0.2) is 21.1 Å². The van der Waals surface area contributed by atoms with Crippen LogP contribution >= 0.6 is 11.3 Å².